The van der Waals surface area contributed by atoms with Crippen molar-refractivity contribution in [3.05, 3.63) is 24.3 Å². The zero-order valence-corrected chi connectivity index (χ0v) is 12.1. The van der Waals surface area contributed by atoms with Crippen LogP contribution in [0.4, 0.5) is 0 Å². The highest BCUT2D eigenvalue weighted by atomic mass is 16.5. The summed E-state index contributed by atoms with van der Waals surface area (Å²) >= 11 is 0. The molecule has 6 heteroatoms. The normalized spacial score (nSPS) is 19.1. The number of benzene rings is 1. The van der Waals surface area contributed by atoms with E-state index < -0.39 is 18.0 Å². The van der Waals surface area contributed by atoms with Gasteiger partial charge in [-0.2, -0.15) is 0 Å². The van der Waals surface area contributed by atoms with E-state index in [9.17, 15) is 9.59 Å². The summed E-state index contributed by atoms with van der Waals surface area (Å²) in [7, 11) is 1.58. The fourth-order valence-corrected chi connectivity index (χ4v) is 2.33. The fraction of sp³-hybridized carbons (Fsp3) is 0.467. The number of hydrogen-bond donors (Lipinski definition) is 1. The van der Waals surface area contributed by atoms with Crippen molar-refractivity contribution < 1.29 is 24.2 Å². The molecule has 2 unspecified atom stereocenters. The topological polar surface area (TPSA) is 76.1 Å². The Kier molecular flexibility index (Phi) is 4.67. The summed E-state index contributed by atoms with van der Waals surface area (Å²) in [6.45, 7) is 2.39. The van der Waals surface area contributed by atoms with Crippen LogP contribution in [0.15, 0.2) is 24.3 Å². The van der Waals surface area contributed by atoms with Crippen molar-refractivity contribution >= 4 is 11.9 Å². The molecule has 0 bridgehead atoms. The quantitative estimate of drug-likeness (QED) is 0.888. The molecule has 2 atom stereocenters. The number of nitrogens with zero attached hydrogens (tertiary/aromatic N) is 1. The van der Waals surface area contributed by atoms with E-state index in [0.717, 1.165) is 0 Å². The minimum absolute atomic E-state index is 0.186. The molecule has 1 N–H and O–H groups in total. The first kappa shape index (κ1) is 15.2. The SMILES string of the molecule is COc1ccc(OC(C)C(=O)N2CCC(C(=O)O)C2)cc1. The molecule has 0 radical (unpaired) electrons. The first-order valence-electron chi connectivity index (χ1n) is 6.83. The largest absolute Gasteiger partial charge is 0.497 e. The number of methoxy groups -OCH3 is 1. The molecule has 114 valence electrons. The second-order valence-electron chi connectivity index (χ2n) is 5.04. The van der Waals surface area contributed by atoms with E-state index in [4.69, 9.17) is 14.6 Å². The van der Waals surface area contributed by atoms with Gasteiger partial charge in [-0.3, -0.25) is 9.59 Å². The van der Waals surface area contributed by atoms with Crippen LogP contribution in [0, 0.1) is 5.92 Å². The Morgan fingerprint density at radius 2 is 1.90 bits per heavy atom. The third kappa shape index (κ3) is 3.65. The van der Waals surface area contributed by atoms with Crippen molar-refractivity contribution in [3.63, 3.8) is 0 Å². The monoisotopic (exact) mass is 293 g/mol. The van der Waals surface area contributed by atoms with Gasteiger partial charge in [0.15, 0.2) is 6.10 Å². The molecule has 1 heterocycles. The van der Waals surface area contributed by atoms with Gasteiger partial charge in [-0.25, -0.2) is 0 Å². The molecule has 1 amide bonds. The number of aliphatic carboxylic acids is 1. The molecule has 1 aromatic rings. The smallest absolute Gasteiger partial charge is 0.308 e. The number of rotatable bonds is 5. The first-order valence-corrected chi connectivity index (χ1v) is 6.83. The average molecular weight is 293 g/mol. The molecule has 0 spiro atoms. The van der Waals surface area contributed by atoms with Crippen LogP contribution in [-0.2, 0) is 9.59 Å². The van der Waals surface area contributed by atoms with Gasteiger partial charge in [0, 0.05) is 13.1 Å². The zero-order valence-electron chi connectivity index (χ0n) is 12.1. The summed E-state index contributed by atoms with van der Waals surface area (Å²) in [5.74, 6) is -0.221. The number of ether oxygens (including phenoxy) is 2. The highest BCUT2D eigenvalue weighted by Crippen LogP contribution is 2.21. The molecule has 1 aliphatic rings. The van der Waals surface area contributed by atoms with Crippen molar-refractivity contribution in [3.8, 4) is 11.5 Å². The Balaban J connectivity index is 1.92. The molecule has 1 saturated heterocycles. The summed E-state index contributed by atoms with van der Waals surface area (Å²) in [6.07, 6.45) is -0.151. The standard InChI is InChI=1S/C15H19NO5/c1-10(21-13-5-3-12(20-2)4-6-13)14(17)16-8-7-11(9-16)15(18)19/h3-6,10-11H,7-9H2,1-2H3,(H,18,19). The second-order valence-corrected chi connectivity index (χ2v) is 5.04. The maximum atomic E-state index is 12.2. The number of amides is 1. The Morgan fingerprint density at radius 1 is 1.29 bits per heavy atom. The lowest BCUT2D eigenvalue weighted by Crippen LogP contribution is -2.39. The summed E-state index contributed by atoms with van der Waals surface area (Å²) in [6, 6.07) is 6.96. The lowest BCUT2D eigenvalue weighted by molar-refractivity contribution is -0.142. The molecule has 0 aromatic heterocycles. The Morgan fingerprint density at radius 3 is 2.43 bits per heavy atom. The number of carboxylic acids is 1. The van der Waals surface area contributed by atoms with Gasteiger partial charge in [0.1, 0.15) is 11.5 Å². The van der Waals surface area contributed by atoms with Crippen LogP contribution >= 0.6 is 0 Å². The van der Waals surface area contributed by atoms with Crippen LogP contribution in [-0.4, -0.2) is 48.2 Å². The van der Waals surface area contributed by atoms with E-state index in [1.807, 2.05) is 0 Å². The Hall–Kier alpha value is -2.24. The van der Waals surface area contributed by atoms with Gasteiger partial charge in [0.05, 0.1) is 13.0 Å². The molecule has 0 aliphatic carbocycles. The highest BCUT2D eigenvalue weighted by Gasteiger charge is 2.33. The van der Waals surface area contributed by atoms with Gasteiger partial charge in [-0.1, -0.05) is 0 Å². The van der Waals surface area contributed by atoms with Crippen LogP contribution in [0.2, 0.25) is 0 Å². The molecule has 2 rings (SSSR count). The lowest BCUT2D eigenvalue weighted by Gasteiger charge is -2.21. The predicted octanol–water partition coefficient (Wildman–Crippen LogP) is 1.40. The fourth-order valence-electron chi connectivity index (χ4n) is 2.33. The number of carbonyl (C=O) groups excluding carboxylic acids is 1. The van der Waals surface area contributed by atoms with E-state index >= 15 is 0 Å². The minimum Gasteiger partial charge on any atom is -0.497 e. The predicted molar refractivity (Wildman–Crippen MR) is 75.4 cm³/mol. The van der Waals surface area contributed by atoms with Gasteiger partial charge >= 0.3 is 5.97 Å². The maximum Gasteiger partial charge on any atom is 0.308 e. The van der Waals surface area contributed by atoms with E-state index in [1.54, 1.807) is 43.2 Å². The van der Waals surface area contributed by atoms with Gasteiger partial charge in [0.25, 0.3) is 5.91 Å². The number of likely N-dealkylation sites (tertiary alicyclic amines) is 1. The average Bonchev–Trinajstić information content (AvgIpc) is 2.97. The van der Waals surface area contributed by atoms with E-state index in [0.29, 0.717) is 24.5 Å². The molecule has 6 nitrogen and oxygen atoms in total. The van der Waals surface area contributed by atoms with Crippen LogP contribution in [0.25, 0.3) is 0 Å². The van der Waals surface area contributed by atoms with Gasteiger partial charge < -0.3 is 19.5 Å². The van der Waals surface area contributed by atoms with Crippen LogP contribution in [0.1, 0.15) is 13.3 Å². The zero-order chi connectivity index (χ0) is 15.4. The first-order chi connectivity index (χ1) is 10.0. The maximum absolute atomic E-state index is 12.2. The van der Waals surface area contributed by atoms with Crippen molar-refractivity contribution in [1.29, 1.82) is 0 Å². The molecular weight excluding hydrogens is 274 g/mol. The lowest BCUT2D eigenvalue weighted by atomic mass is 10.1. The summed E-state index contributed by atoms with van der Waals surface area (Å²) < 4.78 is 10.6. The van der Waals surface area contributed by atoms with Gasteiger partial charge in [-0.05, 0) is 37.6 Å². The third-order valence-corrected chi connectivity index (χ3v) is 3.57. The summed E-state index contributed by atoms with van der Waals surface area (Å²) in [5, 5.41) is 8.95. The van der Waals surface area contributed by atoms with E-state index in [-0.39, 0.29) is 12.5 Å². The molecule has 1 aliphatic heterocycles. The Labute approximate surface area is 123 Å². The van der Waals surface area contributed by atoms with Crippen molar-refractivity contribution in [2.75, 3.05) is 20.2 Å². The van der Waals surface area contributed by atoms with Crippen LogP contribution < -0.4 is 9.47 Å². The minimum atomic E-state index is -0.853. The Bertz CT molecular complexity index is 513. The molecule has 1 aromatic carbocycles. The van der Waals surface area contributed by atoms with Crippen LogP contribution in [0.5, 0.6) is 11.5 Å². The molecule has 21 heavy (non-hydrogen) atoms. The summed E-state index contributed by atoms with van der Waals surface area (Å²) in [4.78, 5) is 24.7. The number of hydrogen-bond acceptors (Lipinski definition) is 4. The van der Waals surface area contributed by atoms with Crippen molar-refractivity contribution in [2.45, 2.75) is 19.4 Å². The van der Waals surface area contributed by atoms with Gasteiger partial charge in [-0.15, -0.1) is 0 Å². The number of carbonyl (C=O) groups is 2. The van der Waals surface area contributed by atoms with Crippen molar-refractivity contribution in [2.24, 2.45) is 5.92 Å². The molecule has 1 fully saturated rings. The van der Waals surface area contributed by atoms with E-state index in [1.165, 1.54) is 0 Å². The number of carboxylic acid groups (broad SMARTS) is 1. The van der Waals surface area contributed by atoms with Gasteiger partial charge in [0.2, 0.25) is 0 Å². The molecular formula is C15H19NO5. The third-order valence-electron chi connectivity index (χ3n) is 3.57. The molecule has 0 saturated carbocycles. The van der Waals surface area contributed by atoms with Crippen molar-refractivity contribution in [1.82, 2.24) is 4.90 Å². The highest BCUT2D eigenvalue weighted by molar-refractivity contribution is 5.82. The van der Waals surface area contributed by atoms with E-state index in [2.05, 4.69) is 0 Å². The van der Waals surface area contributed by atoms with Crippen LogP contribution in [0.3, 0.4) is 0 Å². The second kappa shape index (κ2) is 6.47. The summed E-state index contributed by atoms with van der Waals surface area (Å²) in [5.41, 5.74) is 0.